The van der Waals surface area contributed by atoms with Gasteiger partial charge in [0.15, 0.2) is 0 Å². The Morgan fingerprint density at radius 1 is 1.17 bits per heavy atom. The average molecular weight is 432 g/mol. The van der Waals surface area contributed by atoms with Gasteiger partial charge < -0.3 is 26.0 Å². The highest BCUT2D eigenvalue weighted by atomic mass is 35.5. The van der Waals surface area contributed by atoms with E-state index in [4.69, 9.17) is 22.1 Å². The van der Waals surface area contributed by atoms with Crippen molar-refractivity contribution in [3.8, 4) is 0 Å². The molecule has 2 unspecified atom stereocenters. The van der Waals surface area contributed by atoms with E-state index in [0.29, 0.717) is 48.3 Å². The number of nitrogens with one attached hydrogen (secondary N) is 2. The molecular weight excluding hydrogens is 406 g/mol. The predicted molar refractivity (Wildman–Crippen MR) is 117 cm³/mol. The molecule has 1 saturated heterocycles. The molecular formula is C21H26ClN5O3. The molecule has 1 fully saturated rings. The van der Waals surface area contributed by atoms with E-state index in [9.17, 15) is 9.59 Å². The lowest BCUT2D eigenvalue weighted by Crippen LogP contribution is -2.50. The number of benzene rings is 1. The predicted octanol–water partition coefficient (Wildman–Crippen LogP) is 2.29. The molecule has 2 heterocycles. The first-order valence-electron chi connectivity index (χ1n) is 9.82. The summed E-state index contributed by atoms with van der Waals surface area (Å²) in [4.78, 5) is 31.4. The summed E-state index contributed by atoms with van der Waals surface area (Å²) in [5.74, 6) is -0.591. The SMILES string of the molecule is CC1COCC(C)N1c1ccc(C(=O)NCCN)cc1NC(=O)c1ccc(Cl)nc1. The van der Waals surface area contributed by atoms with Crippen LogP contribution in [-0.2, 0) is 4.74 Å². The van der Waals surface area contributed by atoms with Gasteiger partial charge in [0.1, 0.15) is 5.15 Å². The van der Waals surface area contributed by atoms with Crippen LogP contribution in [0.3, 0.4) is 0 Å². The summed E-state index contributed by atoms with van der Waals surface area (Å²) in [6.07, 6.45) is 1.41. The summed E-state index contributed by atoms with van der Waals surface area (Å²) < 4.78 is 5.63. The number of carbonyl (C=O) groups is 2. The lowest BCUT2D eigenvalue weighted by molar-refractivity contribution is 0.0757. The zero-order valence-corrected chi connectivity index (χ0v) is 17.8. The van der Waals surface area contributed by atoms with Crippen molar-refractivity contribution in [2.24, 2.45) is 5.73 Å². The highest BCUT2D eigenvalue weighted by Crippen LogP contribution is 2.32. The minimum absolute atomic E-state index is 0.110. The molecule has 2 amide bonds. The van der Waals surface area contributed by atoms with Gasteiger partial charge in [0.25, 0.3) is 11.8 Å². The fourth-order valence-electron chi connectivity index (χ4n) is 3.47. The third-order valence-electron chi connectivity index (χ3n) is 4.87. The number of pyridine rings is 1. The zero-order valence-electron chi connectivity index (χ0n) is 17.0. The van der Waals surface area contributed by atoms with E-state index in [-0.39, 0.29) is 23.9 Å². The average Bonchev–Trinajstić information content (AvgIpc) is 2.73. The topological polar surface area (TPSA) is 110 Å². The first-order chi connectivity index (χ1) is 14.4. The second-order valence-corrected chi connectivity index (χ2v) is 7.63. The van der Waals surface area contributed by atoms with Crippen molar-refractivity contribution in [3.63, 3.8) is 0 Å². The Bertz CT molecular complexity index is 896. The van der Waals surface area contributed by atoms with Crippen LogP contribution in [-0.4, -0.2) is 55.2 Å². The van der Waals surface area contributed by atoms with Crippen LogP contribution >= 0.6 is 11.6 Å². The minimum atomic E-state index is -0.339. The zero-order chi connectivity index (χ0) is 21.7. The molecule has 1 aromatic carbocycles. The van der Waals surface area contributed by atoms with Gasteiger partial charge >= 0.3 is 0 Å². The van der Waals surface area contributed by atoms with E-state index >= 15 is 0 Å². The molecule has 9 heteroatoms. The van der Waals surface area contributed by atoms with Crippen LogP contribution in [0.15, 0.2) is 36.5 Å². The number of hydrogen-bond acceptors (Lipinski definition) is 6. The van der Waals surface area contributed by atoms with E-state index in [0.717, 1.165) is 5.69 Å². The van der Waals surface area contributed by atoms with E-state index < -0.39 is 0 Å². The van der Waals surface area contributed by atoms with Gasteiger partial charge in [-0.2, -0.15) is 0 Å². The molecule has 0 saturated carbocycles. The van der Waals surface area contributed by atoms with Gasteiger partial charge in [0.05, 0.1) is 30.2 Å². The molecule has 1 aliphatic heterocycles. The molecule has 30 heavy (non-hydrogen) atoms. The second kappa shape index (κ2) is 9.88. The van der Waals surface area contributed by atoms with Crippen LogP contribution in [0.2, 0.25) is 5.15 Å². The maximum Gasteiger partial charge on any atom is 0.257 e. The Hall–Kier alpha value is -2.68. The lowest BCUT2D eigenvalue weighted by atomic mass is 10.1. The van der Waals surface area contributed by atoms with Crippen LogP contribution < -0.4 is 21.3 Å². The van der Waals surface area contributed by atoms with Crippen molar-refractivity contribution >= 4 is 34.8 Å². The minimum Gasteiger partial charge on any atom is -0.377 e. The summed E-state index contributed by atoms with van der Waals surface area (Å²) in [7, 11) is 0. The van der Waals surface area contributed by atoms with Crippen LogP contribution in [0, 0.1) is 0 Å². The lowest BCUT2D eigenvalue weighted by Gasteiger charge is -2.41. The molecule has 2 aromatic rings. The Morgan fingerprint density at radius 3 is 2.50 bits per heavy atom. The first-order valence-corrected chi connectivity index (χ1v) is 10.2. The van der Waals surface area contributed by atoms with Gasteiger partial charge in [-0.25, -0.2) is 4.98 Å². The number of carbonyl (C=O) groups excluding carboxylic acids is 2. The molecule has 3 rings (SSSR count). The Balaban J connectivity index is 1.96. The van der Waals surface area contributed by atoms with Gasteiger partial charge in [-0.1, -0.05) is 11.6 Å². The highest BCUT2D eigenvalue weighted by molar-refractivity contribution is 6.29. The molecule has 0 bridgehead atoms. The van der Waals surface area contributed by atoms with Crippen molar-refractivity contribution in [2.45, 2.75) is 25.9 Å². The summed E-state index contributed by atoms with van der Waals surface area (Å²) in [6, 6.07) is 8.65. The Morgan fingerprint density at radius 2 is 1.87 bits per heavy atom. The van der Waals surface area contributed by atoms with Gasteiger partial charge in [0.2, 0.25) is 0 Å². The molecule has 1 aliphatic rings. The number of nitrogens with zero attached hydrogens (tertiary/aromatic N) is 2. The number of ether oxygens (including phenoxy) is 1. The standard InChI is InChI=1S/C21H26ClN5O3/c1-13-11-30-12-14(2)27(13)18-5-3-15(20(28)24-8-7-23)9-17(18)26-21(29)16-4-6-19(22)25-10-16/h3-6,9-10,13-14H,7-8,11-12,23H2,1-2H3,(H,24,28)(H,26,29). The molecule has 0 spiro atoms. The van der Waals surface area contributed by atoms with Crippen molar-refractivity contribution in [1.82, 2.24) is 10.3 Å². The summed E-state index contributed by atoms with van der Waals surface area (Å²) in [5, 5.41) is 5.98. The van der Waals surface area contributed by atoms with Crippen molar-refractivity contribution in [2.75, 3.05) is 36.5 Å². The van der Waals surface area contributed by atoms with E-state index in [2.05, 4.69) is 34.4 Å². The summed E-state index contributed by atoms with van der Waals surface area (Å²) in [5.41, 5.74) is 7.64. The third kappa shape index (κ3) is 5.08. The molecule has 0 aliphatic carbocycles. The smallest absolute Gasteiger partial charge is 0.257 e. The first kappa shape index (κ1) is 22.0. The van der Waals surface area contributed by atoms with Crippen LogP contribution in [0.25, 0.3) is 0 Å². The number of morpholine rings is 1. The Kier molecular flexibility index (Phi) is 7.25. The number of nitrogens with two attached hydrogens (primary N) is 1. The normalized spacial score (nSPS) is 18.7. The Labute approximate surface area is 180 Å². The van der Waals surface area contributed by atoms with Crippen molar-refractivity contribution in [3.05, 3.63) is 52.8 Å². The number of anilines is 2. The molecule has 4 N–H and O–H groups in total. The fraction of sp³-hybridized carbons (Fsp3) is 0.381. The molecule has 2 atom stereocenters. The number of amides is 2. The van der Waals surface area contributed by atoms with Crippen LogP contribution in [0.5, 0.6) is 0 Å². The summed E-state index contributed by atoms with van der Waals surface area (Å²) in [6.45, 7) is 6.00. The van der Waals surface area contributed by atoms with Crippen LogP contribution in [0.1, 0.15) is 34.6 Å². The maximum atomic E-state index is 12.8. The monoisotopic (exact) mass is 431 g/mol. The van der Waals surface area contributed by atoms with E-state index in [1.807, 2.05) is 6.07 Å². The van der Waals surface area contributed by atoms with E-state index in [1.165, 1.54) is 6.20 Å². The quantitative estimate of drug-likeness (QED) is 0.605. The largest absolute Gasteiger partial charge is 0.377 e. The maximum absolute atomic E-state index is 12.8. The summed E-state index contributed by atoms with van der Waals surface area (Å²) >= 11 is 5.82. The molecule has 8 nitrogen and oxygen atoms in total. The van der Waals surface area contributed by atoms with Gasteiger partial charge in [0, 0.05) is 36.9 Å². The molecule has 0 radical (unpaired) electrons. The number of halogens is 1. The number of aromatic nitrogens is 1. The van der Waals surface area contributed by atoms with Gasteiger partial charge in [-0.05, 0) is 44.2 Å². The highest BCUT2D eigenvalue weighted by Gasteiger charge is 2.28. The third-order valence-corrected chi connectivity index (χ3v) is 5.10. The van der Waals surface area contributed by atoms with Crippen LogP contribution in [0.4, 0.5) is 11.4 Å². The second-order valence-electron chi connectivity index (χ2n) is 7.24. The molecule has 1 aromatic heterocycles. The van der Waals surface area contributed by atoms with Crippen molar-refractivity contribution in [1.29, 1.82) is 0 Å². The fourth-order valence-corrected chi connectivity index (χ4v) is 3.59. The number of rotatable bonds is 6. The van der Waals surface area contributed by atoms with Gasteiger partial charge in [-0.15, -0.1) is 0 Å². The van der Waals surface area contributed by atoms with Gasteiger partial charge in [-0.3, -0.25) is 9.59 Å². The molecule has 160 valence electrons. The van der Waals surface area contributed by atoms with E-state index in [1.54, 1.807) is 24.3 Å². The number of hydrogen-bond donors (Lipinski definition) is 3. The van der Waals surface area contributed by atoms with Crippen molar-refractivity contribution < 1.29 is 14.3 Å².